The van der Waals surface area contributed by atoms with Crippen LogP contribution in [0.4, 0.5) is 0 Å². The SMILES string of the molecule is CN(C(=O)c1ccc([C@@H]2SCC(=O)N2CCc2ccccc2)cc1)C1CCCC1. The first-order valence-electron chi connectivity index (χ1n) is 10.5. The van der Waals surface area contributed by atoms with Crippen LogP contribution in [-0.2, 0) is 11.2 Å². The lowest BCUT2D eigenvalue weighted by atomic mass is 10.1. The molecule has 2 aliphatic rings. The molecule has 0 aromatic heterocycles. The van der Waals surface area contributed by atoms with Crippen LogP contribution in [0.1, 0.15) is 52.5 Å². The second-order valence-electron chi connectivity index (χ2n) is 7.96. The number of hydrogen-bond donors (Lipinski definition) is 0. The van der Waals surface area contributed by atoms with E-state index in [2.05, 4.69) is 12.1 Å². The molecule has 0 radical (unpaired) electrons. The zero-order chi connectivity index (χ0) is 20.2. The summed E-state index contributed by atoms with van der Waals surface area (Å²) in [5, 5.41) is 0.0305. The number of carbonyl (C=O) groups is 2. The Hall–Kier alpha value is -2.27. The molecule has 2 aromatic carbocycles. The Bertz CT molecular complexity index is 847. The van der Waals surface area contributed by atoms with Gasteiger partial charge in [0.05, 0.1) is 5.75 Å². The van der Waals surface area contributed by atoms with E-state index in [-0.39, 0.29) is 17.2 Å². The Kier molecular flexibility index (Phi) is 6.24. The average molecular weight is 409 g/mol. The zero-order valence-electron chi connectivity index (χ0n) is 16.9. The van der Waals surface area contributed by atoms with E-state index in [1.807, 2.05) is 59.3 Å². The molecule has 0 unspecified atom stereocenters. The Labute approximate surface area is 177 Å². The lowest BCUT2D eigenvalue weighted by Crippen LogP contribution is -2.35. The van der Waals surface area contributed by atoms with E-state index >= 15 is 0 Å². The molecule has 2 aromatic rings. The average Bonchev–Trinajstić information content (AvgIpc) is 3.42. The molecule has 1 heterocycles. The molecular formula is C24H28N2O2S. The van der Waals surface area contributed by atoms with Gasteiger partial charge in [0.15, 0.2) is 0 Å². The van der Waals surface area contributed by atoms with E-state index in [4.69, 9.17) is 0 Å². The smallest absolute Gasteiger partial charge is 0.253 e. The zero-order valence-corrected chi connectivity index (χ0v) is 17.7. The maximum atomic E-state index is 12.8. The summed E-state index contributed by atoms with van der Waals surface area (Å²) >= 11 is 1.67. The van der Waals surface area contributed by atoms with Crippen LogP contribution in [0.5, 0.6) is 0 Å². The minimum atomic E-state index is 0.0305. The number of thioether (sulfide) groups is 1. The van der Waals surface area contributed by atoms with E-state index in [1.54, 1.807) is 11.8 Å². The van der Waals surface area contributed by atoms with Crippen molar-refractivity contribution in [1.29, 1.82) is 0 Å². The van der Waals surface area contributed by atoms with Crippen molar-refractivity contribution in [2.75, 3.05) is 19.3 Å². The summed E-state index contributed by atoms with van der Waals surface area (Å²) in [6, 6.07) is 18.5. The second-order valence-corrected chi connectivity index (χ2v) is 9.03. The molecule has 1 saturated carbocycles. The first-order chi connectivity index (χ1) is 14.1. The standard InChI is InChI=1S/C24H28N2O2S/c1-25(21-9-5-6-10-21)23(28)19-11-13-20(14-12-19)24-26(22(27)17-29-24)16-15-18-7-3-2-4-8-18/h2-4,7-8,11-14,21,24H,5-6,9-10,15-17H2,1H3/t24-/m0/s1. The lowest BCUT2D eigenvalue weighted by Gasteiger charge is -2.26. The molecule has 0 spiro atoms. The highest BCUT2D eigenvalue weighted by molar-refractivity contribution is 8.00. The fraction of sp³-hybridized carbons (Fsp3) is 0.417. The molecule has 2 fully saturated rings. The van der Waals surface area contributed by atoms with E-state index < -0.39 is 0 Å². The minimum Gasteiger partial charge on any atom is -0.339 e. The Morgan fingerprint density at radius 3 is 2.45 bits per heavy atom. The van der Waals surface area contributed by atoms with Gasteiger partial charge < -0.3 is 9.80 Å². The molecule has 1 saturated heterocycles. The van der Waals surface area contributed by atoms with Crippen molar-refractivity contribution in [3.8, 4) is 0 Å². The van der Waals surface area contributed by atoms with Crippen molar-refractivity contribution < 1.29 is 9.59 Å². The molecular weight excluding hydrogens is 380 g/mol. The number of benzene rings is 2. The van der Waals surface area contributed by atoms with Crippen LogP contribution in [0.3, 0.4) is 0 Å². The van der Waals surface area contributed by atoms with E-state index in [0.717, 1.165) is 30.4 Å². The molecule has 1 aliphatic heterocycles. The van der Waals surface area contributed by atoms with Gasteiger partial charge in [-0.15, -0.1) is 11.8 Å². The number of hydrogen-bond acceptors (Lipinski definition) is 3. The van der Waals surface area contributed by atoms with Gasteiger partial charge >= 0.3 is 0 Å². The molecule has 5 heteroatoms. The number of carbonyl (C=O) groups excluding carboxylic acids is 2. The number of nitrogens with zero attached hydrogens (tertiary/aromatic N) is 2. The summed E-state index contributed by atoms with van der Waals surface area (Å²) in [6.45, 7) is 0.714. The summed E-state index contributed by atoms with van der Waals surface area (Å²) in [5.74, 6) is 0.807. The third-order valence-electron chi connectivity index (χ3n) is 6.09. The minimum absolute atomic E-state index is 0.0305. The van der Waals surface area contributed by atoms with Crippen LogP contribution < -0.4 is 0 Å². The Morgan fingerprint density at radius 2 is 1.76 bits per heavy atom. The maximum absolute atomic E-state index is 12.8. The Balaban J connectivity index is 1.43. The Morgan fingerprint density at radius 1 is 1.07 bits per heavy atom. The van der Waals surface area contributed by atoms with Gasteiger partial charge in [-0.3, -0.25) is 9.59 Å². The number of amides is 2. The first-order valence-corrected chi connectivity index (χ1v) is 11.5. The van der Waals surface area contributed by atoms with Crippen LogP contribution in [0.2, 0.25) is 0 Å². The molecule has 2 amide bonds. The van der Waals surface area contributed by atoms with Crippen LogP contribution in [-0.4, -0.2) is 47.0 Å². The summed E-state index contributed by atoms with van der Waals surface area (Å²) < 4.78 is 0. The topological polar surface area (TPSA) is 40.6 Å². The van der Waals surface area contributed by atoms with Gasteiger partial charge in [-0.25, -0.2) is 0 Å². The van der Waals surface area contributed by atoms with E-state index in [0.29, 0.717) is 18.3 Å². The third-order valence-corrected chi connectivity index (χ3v) is 7.34. The van der Waals surface area contributed by atoms with Gasteiger partial charge in [0.25, 0.3) is 5.91 Å². The molecule has 0 bridgehead atoms. The van der Waals surface area contributed by atoms with Crippen LogP contribution in [0.15, 0.2) is 54.6 Å². The molecule has 152 valence electrons. The summed E-state index contributed by atoms with van der Waals surface area (Å²) in [4.78, 5) is 29.1. The summed E-state index contributed by atoms with van der Waals surface area (Å²) in [6.07, 6.45) is 5.50. The van der Waals surface area contributed by atoms with Crippen molar-refractivity contribution in [2.45, 2.75) is 43.5 Å². The monoisotopic (exact) mass is 408 g/mol. The first kappa shape index (κ1) is 20.0. The lowest BCUT2D eigenvalue weighted by molar-refractivity contribution is -0.128. The molecule has 1 aliphatic carbocycles. The van der Waals surface area contributed by atoms with Crippen LogP contribution >= 0.6 is 11.8 Å². The predicted octanol–water partition coefficient (Wildman–Crippen LogP) is 4.52. The van der Waals surface area contributed by atoms with Gasteiger partial charge in [-0.2, -0.15) is 0 Å². The van der Waals surface area contributed by atoms with E-state index in [9.17, 15) is 9.59 Å². The molecule has 4 nitrogen and oxygen atoms in total. The molecule has 29 heavy (non-hydrogen) atoms. The van der Waals surface area contributed by atoms with Gasteiger partial charge in [0.1, 0.15) is 5.37 Å². The number of rotatable bonds is 6. The van der Waals surface area contributed by atoms with Gasteiger partial charge in [0.2, 0.25) is 5.91 Å². The molecule has 4 rings (SSSR count). The summed E-state index contributed by atoms with van der Waals surface area (Å²) in [7, 11) is 1.92. The van der Waals surface area contributed by atoms with Gasteiger partial charge in [0, 0.05) is 25.2 Å². The highest BCUT2D eigenvalue weighted by Crippen LogP contribution is 2.38. The van der Waals surface area contributed by atoms with Crippen molar-refractivity contribution >= 4 is 23.6 Å². The third kappa shape index (κ3) is 4.50. The van der Waals surface area contributed by atoms with Crippen molar-refractivity contribution in [2.24, 2.45) is 0 Å². The van der Waals surface area contributed by atoms with Crippen molar-refractivity contribution in [3.05, 3.63) is 71.3 Å². The summed E-state index contributed by atoms with van der Waals surface area (Å²) in [5.41, 5.74) is 3.06. The van der Waals surface area contributed by atoms with Gasteiger partial charge in [-0.05, 0) is 42.5 Å². The molecule has 1 atom stereocenters. The van der Waals surface area contributed by atoms with Crippen molar-refractivity contribution in [3.63, 3.8) is 0 Å². The molecule has 0 N–H and O–H groups in total. The maximum Gasteiger partial charge on any atom is 0.253 e. The quantitative estimate of drug-likeness (QED) is 0.706. The van der Waals surface area contributed by atoms with Gasteiger partial charge in [-0.1, -0.05) is 55.3 Å². The van der Waals surface area contributed by atoms with Crippen LogP contribution in [0.25, 0.3) is 0 Å². The predicted molar refractivity (Wildman–Crippen MR) is 118 cm³/mol. The van der Waals surface area contributed by atoms with Crippen LogP contribution in [0, 0.1) is 0 Å². The normalized spacial score (nSPS) is 19.7. The van der Waals surface area contributed by atoms with E-state index in [1.165, 1.54) is 18.4 Å². The van der Waals surface area contributed by atoms with Crippen molar-refractivity contribution in [1.82, 2.24) is 9.80 Å². The highest BCUT2D eigenvalue weighted by Gasteiger charge is 2.32. The fourth-order valence-corrected chi connectivity index (χ4v) is 5.54. The fourth-order valence-electron chi connectivity index (χ4n) is 4.32. The second kappa shape index (κ2) is 9.04. The highest BCUT2D eigenvalue weighted by atomic mass is 32.2. The largest absolute Gasteiger partial charge is 0.339 e.